The highest BCUT2D eigenvalue weighted by Crippen LogP contribution is 2.38. The van der Waals surface area contributed by atoms with Crippen LogP contribution in [0.25, 0.3) is 10.2 Å². The Bertz CT molecular complexity index is 1060. The Morgan fingerprint density at radius 1 is 1.07 bits per heavy atom. The van der Waals surface area contributed by atoms with E-state index in [0.717, 1.165) is 4.70 Å². The van der Waals surface area contributed by atoms with Crippen molar-refractivity contribution in [2.45, 2.75) is 18.2 Å². The second-order valence-corrected chi connectivity index (χ2v) is 9.22. The number of fused-ring (bicyclic) bond motifs is 1. The predicted octanol–water partition coefficient (Wildman–Crippen LogP) is 3.29. The van der Waals surface area contributed by atoms with E-state index in [9.17, 15) is 13.2 Å². The Labute approximate surface area is 167 Å². The minimum Gasteiger partial charge on any atom is -0.495 e. The number of aromatic nitrogens is 1. The number of benzene rings is 2. The standard InChI is InChI=1S/C19H20N2O5S2/c1-4-28(23,24)13-7-5-12(6-8-13)11-16(22)20-19-21-17-14(25-2)9-10-15(26-3)18(17)27-19/h5-10H,4,11H2,1-3H3,(H,20,21,22). The first-order valence-electron chi connectivity index (χ1n) is 8.51. The maximum absolute atomic E-state index is 12.4. The van der Waals surface area contributed by atoms with Gasteiger partial charge in [0.1, 0.15) is 21.7 Å². The van der Waals surface area contributed by atoms with Crippen LogP contribution in [0.2, 0.25) is 0 Å². The van der Waals surface area contributed by atoms with E-state index in [1.165, 1.54) is 23.5 Å². The van der Waals surface area contributed by atoms with Gasteiger partial charge in [-0.3, -0.25) is 4.79 Å². The minimum atomic E-state index is -3.25. The Hall–Kier alpha value is -2.65. The summed E-state index contributed by atoms with van der Waals surface area (Å²) in [5.41, 5.74) is 1.33. The van der Waals surface area contributed by atoms with Gasteiger partial charge in [-0.15, -0.1) is 0 Å². The van der Waals surface area contributed by atoms with E-state index in [4.69, 9.17) is 9.47 Å². The van der Waals surface area contributed by atoms with E-state index < -0.39 is 9.84 Å². The normalized spacial score (nSPS) is 11.4. The van der Waals surface area contributed by atoms with E-state index in [1.54, 1.807) is 45.4 Å². The molecular formula is C19H20N2O5S2. The molecule has 0 unspecified atom stereocenters. The van der Waals surface area contributed by atoms with Gasteiger partial charge in [0, 0.05) is 0 Å². The van der Waals surface area contributed by atoms with E-state index >= 15 is 0 Å². The third-order valence-electron chi connectivity index (χ3n) is 4.18. The molecule has 0 saturated heterocycles. The molecule has 28 heavy (non-hydrogen) atoms. The van der Waals surface area contributed by atoms with E-state index in [1.807, 2.05) is 0 Å². The molecule has 0 aliphatic rings. The summed E-state index contributed by atoms with van der Waals surface area (Å²) in [7, 11) is -0.125. The average molecular weight is 421 g/mol. The van der Waals surface area contributed by atoms with Crippen molar-refractivity contribution in [2.75, 3.05) is 25.3 Å². The fourth-order valence-corrected chi connectivity index (χ4v) is 4.54. The first-order valence-corrected chi connectivity index (χ1v) is 11.0. The Kier molecular flexibility index (Phi) is 5.85. The second-order valence-electron chi connectivity index (χ2n) is 5.94. The molecule has 0 bridgehead atoms. The van der Waals surface area contributed by atoms with Crippen molar-refractivity contribution >= 4 is 42.4 Å². The molecule has 0 fully saturated rings. The predicted molar refractivity (Wildman–Crippen MR) is 109 cm³/mol. The van der Waals surface area contributed by atoms with Crippen molar-refractivity contribution in [1.29, 1.82) is 0 Å². The number of hydrogen-bond donors (Lipinski definition) is 1. The van der Waals surface area contributed by atoms with Gasteiger partial charge in [0.15, 0.2) is 15.0 Å². The zero-order valence-electron chi connectivity index (χ0n) is 15.7. The molecule has 1 N–H and O–H groups in total. The Balaban J connectivity index is 1.76. The second kappa shape index (κ2) is 8.15. The molecular weight excluding hydrogens is 400 g/mol. The summed E-state index contributed by atoms with van der Waals surface area (Å²) in [5.74, 6) is 1.04. The number of ether oxygens (including phenoxy) is 2. The molecule has 0 atom stereocenters. The monoisotopic (exact) mass is 420 g/mol. The van der Waals surface area contributed by atoms with Gasteiger partial charge in [-0.05, 0) is 29.8 Å². The summed E-state index contributed by atoms with van der Waals surface area (Å²) in [6, 6.07) is 9.89. The van der Waals surface area contributed by atoms with Crippen LogP contribution >= 0.6 is 11.3 Å². The van der Waals surface area contributed by atoms with Gasteiger partial charge in [0.05, 0.1) is 31.3 Å². The SMILES string of the molecule is CCS(=O)(=O)c1ccc(CC(=O)Nc2nc3c(OC)ccc(OC)c3s2)cc1. The summed E-state index contributed by atoms with van der Waals surface area (Å²) in [4.78, 5) is 17.1. The van der Waals surface area contributed by atoms with Crippen molar-refractivity contribution in [3.8, 4) is 11.5 Å². The number of thiazole rings is 1. The van der Waals surface area contributed by atoms with Crippen LogP contribution in [0.15, 0.2) is 41.3 Å². The number of rotatable bonds is 7. The van der Waals surface area contributed by atoms with Crippen LogP contribution in [0.4, 0.5) is 5.13 Å². The number of nitrogens with zero attached hydrogens (tertiary/aromatic N) is 1. The molecule has 1 amide bonds. The number of anilines is 1. The van der Waals surface area contributed by atoms with Crippen molar-refractivity contribution < 1.29 is 22.7 Å². The van der Waals surface area contributed by atoms with Crippen LogP contribution in [0, 0.1) is 0 Å². The molecule has 0 aliphatic carbocycles. The minimum absolute atomic E-state index is 0.0391. The number of methoxy groups -OCH3 is 2. The quantitative estimate of drug-likeness (QED) is 0.630. The Morgan fingerprint density at radius 3 is 2.32 bits per heavy atom. The molecule has 9 heteroatoms. The summed E-state index contributed by atoms with van der Waals surface area (Å²) in [6.07, 6.45) is 0.108. The lowest BCUT2D eigenvalue weighted by Crippen LogP contribution is -2.14. The summed E-state index contributed by atoms with van der Waals surface area (Å²) in [5, 5.41) is 3.22. The van der Waals surface area contributed by atoms with Crippen molar-refractivity contribution in [3.63, 3.8) is 0 Å². The van der Waals surface area contributed by atoms with E-state index in [-0.39, 0.29) is 23.0 Å². The number of carbonyl (C=O) groups excluding carboxylic acids is 1. The van der Waals surface area contributed by atoms with Crippen LogP contribution in [0.5, 0.6) is 11.5 Å². The van der Waals surface area contributed by atoms with Gasteiger partial charge < -0.3 is 14.8 Å². The third-order valence-corrected chi connectivity index (χ3v) is 6.92. The van der Waals surface area contributed by atoms with Gasteiger partial charge in [0.25, 0.3) is 0 Å². The number of hydrogen-bond acceptors (Lipinski definition) is 7. The van der Waals surface area contributed by atoms with Crippen LogP contribution in [0.3, 0.4) is 0 Å². The lowest BCUT2D eigenvalue weighted by Gasteiger charge is -2.04. The van der Waals surface area contributed by atoms with Gasteiger partial charge in [-0.25, -0.2) is 13.4 Å². The number of carbonyl (C=O) groups is 1. The lowest BCUT2D eigenvalue weighted by molar-refractivity contribution is -0.115. The fraction of sp³-hybridized carbons (Fsp3) is 0.263. The van der Waals surface area contributed by atoms with Crippen molar-refractivity contribution in [2.24, 2.45) is 0 Å². The zero-order chi connectivity index (χ0) is 20.3. The number of nitrogens with one attached hydrogen (secondary N) is 1. The summed E-state index contributed by atoms with van der Waals surface area (Å²) in [6.45, 7) is 1.60. The van der Waals surface area contributed by atoms with Crippen molar-refractivity contribution in [1.82, 2.24) is 4.98 Å². The molecule has 1 aromatic heterocycles. The van der Waals surface area contributed by atoms with E-state index in [0.29, 0.717) is 27.7 Å². The topological polar surface area (TPSA) is 94.6 Å². The fourth-order valence-electron chi connectivity index (χ4n) is 2.67. The van der Waals surface area contributed by atoms with Crippen molar-refractivity contribution in [3.05, 3.63) is 42.0 Å². The summed E-state index contributed by atoms with van der Waals surface area (Å²) >= 11 is 1.30. The van der Waals surface area contributed by atoms with Gasteiger partial charge in [-0.1, -0.05) is 30.4 Å². The highest BCUT2D eigenvalue weighted by atomic mass is 32.2. The van der Waals surface area contributed by atoms with Crippen LogP contribution in [0.1, 0.15) is 12.5 Å². The zero-order valence-corrected chi connectivity index (χ0v) is 17.3. The van der Waals surface area contributed by atoms with Gasteiger partial charge in [0.2, 0.25) is 5.91 Å². The van der Waals surface area contributed by atoms with Crippen LogP contribution < -0.4 is 14.8 Å². The van der Waals surface area contributed by atoms with Crippen LogP contribution in [-0.4, -0.2) is 39.3 Å². The molecule has 3 aromatic rings. The summed E-state index contributed by atoms with van der Waals surface area (Å²) < 4.78 is 35.2. The first kappa shape index (κ1) is 20.1. The highest BCUT2D eigenvalue weighted by molar-refractivity contribution is 7.91. The number of sulfone groups is 1. The Morgan fingerprint density at radius 2 is 1.71 bits per heavy atom. The molecule has 1 heterocycles. The molecule has 7 nitrogen and oxygen atoms in total. The molecule has 0 saturated carbocycles. The maximum Gasteiger partial charge on any atom is 0.230 e. The smallest absolute Gasteiger partial charge is 0.230 e. The molecule has 3 rings (SSSR count). The molecule has 2 aromatic carbocycles. The molecule has 0 spiro atoms. The van der Waals surface area contributed by atoms with Gasteiger partial charge >= 0.3 is 0 Å². The number of amides is 1. The molecule has 0 aliphatic heterocycles. The lowest BCUT2D eigenvalue weighted by atomic mass is 10.1. The average Bonchev–Trinajstić information content (AvgIpc) is 3.10. The molecule has 148 valence electrons. The maximum atomic E-state index is 12.4. The highest BCUT2D eigenvalue weighted by Gasteiger charge is 2.16. The van der Waals surface area contributed by atoms with Gasteiger partial charge in [-0.2, -0.15) is 0 Å². The van der Waals surface area contributed by atoms with Crippen LogP contribution in [-0.2, 0) is 21.1 Å². The van der Waals surface area contributed by atoms with E-state index in [2.05, 4.69) is 10.3 Å². The first-order chi connectivity index (χ1) is 13.4. The third kappa shape index (κ3) is 4.10. The molecule has 0 radical (unpaired) electrons. The largest absolute Gasteiger partial charge is 0.495 e.